The Hall–Kier alpha value is -2.34. The van der Waals surface area contributed by atoms with Gasteiger partial charge in [-0.25, -0.2) is 4.39 Å². The summed E-state index contributed by atoms with van der Waals surface area (Å²) >= 11 is 1.24. The van der Waals surface area contributed by atoms with Gasteiger partial charge in [-0.15, -0.1) is 11.8 Å². The molecule has 0 heterocycles. The molecule has 0 aliphatic rings. The zero-order valence-corrected chi connectivity index (χ0v) is 14.3. The highest BCUT2D eigenvalue weighted by atomic mass is 32.2. The molecule has 2 aromatic carbocycles. The van der Waals surface area contributed by atoms with E-state index in [0.717, 1.165) is 11.3 Å². The zero-order valence-electron chi connectivity index (χ0n) is 13.5. The first-order chi connectivity index (χ1) is 11.4. The maximum absolute atomic E-state index is 12.8. The Bertz CT molecular complexity index is 719. The largest absolute Gasteiger partial charge is 0.325 e. The van der Waals surface area contributed by atoms with E-state index in [0.29, 0.717) is 5.69 Å². The zero-order chi connectivity index (χ0) is 17.5. The number of carbonyl (C=O) groups excluding carboxylic acids is 2. The molecule has 0 saturated carbocycles. The summed E-state index contributed by atoms with van der Waals surface area (Å²) in [5, 5.41) is 5.09. The molecule has 0 saturated heterocycles. The number of halogens is 1. The third-order valence-corrected chi connectivity index (χ3v) is 4.39. The number of thioether (sulfide) groups is 1. The molecule has 0 radical (unpaired) electrons. The topological polar surface area (TPSA) is 58.2 Å². The van der Waals surface area contributed by atoms with Gasteiger partial charge in [0.2, 0.25) is 11.8 Å². The van der Waals surface area contributed by atoms with Crippen molar-refractivity contribution in [3.63, 3.8) is 0 Å². The SMILES string of the molecule is Cc1cccc(NC(=O)CS[C@@H](C)C(=O)Nc2ccc(F)cc2)c1. The first-order valence-corrected chi connectivity index (χ1v) is 8.53. The molecule has 0 bridgehead atoms. The van der Waals surface area contributed by atoms with Crippen LogP contribution in [0.2, 0.25) is 0 Å². The lowest BCUT2D eigenvalue weighted by Gasteiger charge is -2.12. The molecule has 2 rings (SSSR count). The predicted octanol–water partition coefficient (Wildman–Crippen LogP) is 3.83. The van der Waals surface area contributed by atoms with Crippen LogP contribution in [0.5, 0.6) is 0 Å². The van der Waals surface area contributed by atoms with E-state index in [-0.39, 0.29) is 23.4 Å². The number of aryl methyl sites for hydroxylation is 1. The van der Waals surface area contributed by atoms with Gasteiger partial charge < -0.3 is 10.6 Å². The monoisotopic (exact) mass is 346 g/mol. The third kappa shape index (κ3) is 5.70. The van der Waals surface area contributed by atoms with Crippen molar-refractivity contribution in [2.24, 2.45) is 0 Å². The van der Waals surface area contributed by atoms with Crippen LogP contribution in [-0.2, 0) is 9.59 Å². The molecule has 0 aliphatic heterocycles. The molecule has 2 aromatic rings. The molecule has 0 fully saturated rings. The van der Waals surface area contributed by atoms with Gasteiger partial charge in [-0.2, -0.15) is 0 Å². The average Bonchev–Trinajstić information content (AvgIpc) is 2.54. The van der Waals surface area contributed by atoms with E-state index in [1.165, 1.54) is 36.0 Å². The molecular formula is C18H19FN2O2S. The van der Waals surface area contributed by atoms with Gasteiger partial charge in [0.15, 0.2) is 0 Å². The van der Waals surface area contributed by atoms with Gasteiger partial charge in [0, 0.05) is 11.4 Å². The van der Waals surface area contributed by atoms with Crippen LogP contribution < -0.4 is 10.6 Å². The number of hydrogen-bond donors (Lipinski definition) is 2. The Morgan fingerprint density at radius 1 is 1.08 bits per heavy atom. The van der Waals surface area contributed by atoms with Crippen molar-refractivity contribution in [2.75, 3.05) is 16.4 Å². The Morgan fingerprint density at radius 3 is 2.46 bits per heavy atom. The second-order valence-corrected chi connectivity index (χ2v) is 6.70. The second-order valence-electron chi connectivity index (χ2n) is 5.37. The van der Waals surface area contributed by atoms with Crippen molar-refractivity contribution in [1.29, 1.82) is 0 Å². The van der Waals surface area contributed by atoms with E-state index in [1.807, 2.05) is 31.2 Å². The van der Waals surface area contributed by atoms with E-state index in [9.17, 15) is 14.0 Å². The first kappa shape index (κ1) is 18.0. The molecule has 6 heteroatoms. The quantitative estimate of drug-likeness (QED) is 0.836. The van der Waals surface area contributed by atoms with E-state index in [1.54, 1.807) is 6.92 Å². The average molecular weight is 346 g/mol. The molecule has 1 atom stereocenters. The lowest BCUT2D eigenvalue weighted by Crippen LogP contribution is -2.25. The highest BCUT2D eigenvalue weighted by Gasteiger charge is 2.15. The maximum Gasteiger partial charge on any atom is 0.237 e. The standard InChI is InChI=1S/C18H19FN2O2S/c1-12-4-3-5-16(10-12)20-17(22)11-24-13(2)18(23)21-15-8-6-14(19)7-9-15/h3-10,13H,11H2,1-2H3,(H,20,22)(H,21,23)/t13-/m0/s1. The molecule has 126 valence electrons. The summed E-state index contributed by atoms with van der Waals surface area (Å²) in [4.78, 5) is 24.0. The van der Waals surface area contributed by atoms with Gasteiger partial charge in [0.25, 0.3) is 0 Å². The number of amides is 2. The van der Waals surface area contributed by atoms with E-state index < -0.39 is 5.25 Å². The van der Waals surface area contributed by atoms with Crippen molar-refractivity contribution in [3.05, 3.63) is 59.9 Å². The highest BCUT2D eigenvalue weighted by molar-refractivity contribution is 8.01. The summed E-state index contributed by atoms with van der Waals surface area (Å²) < 4.78 is 12.8. The van der Waals surface area contributed by atoms with Gasteiger partial charge in [-0.3, -0.25) is 9.59 Å². The first-order valence-electron chi connectivity index (χ1n) is 7.48. The Morgan fingerprint density at radius 2 is 1.79 bits per heavy atom. The van der Waals surface area contributed by atoms with Gasteiger partial charge >= 0.3 is 0 Å². The smallest absolute Gasteiger partial charge is 0.237 e. The molecule has 0 spiro atoms. The molecule has 0 aromatic heterocycles. The van der Waals surface area contributed by atoms with Gasteiger partial charge in [0.1, 0.15) is 5.82 Å². The van der Waals surface area contributed by atoms with Gasteiger partial charge in [-0.1, -0.05) is 12.1 Å². The molecular weight excluding hydrogens is 327 g/mol. The van der Waals surface area contributed by atoms with Crippen molar-refractivity contribution in [1.82, 2.24) is 0 Å². The minimum Gasteiger partial charge on any atom is -0.325 e. The molecule has 2 N–H and O–H groups in total. The predicted molar refractivity (Wildman–Crippen MR) is 96.8 cm³/mol. The summed E-state index contributed by atoms with van der Waals surface area (Å²) in [6.07, 6.45) is 0. The molecule has 0 unspecified atom stereocenters. The van der Waals surface area contributed by atoms with Crippen LogP contribution in [0.1, 0.15) is 12.5 Å². The number of nitrogens with one attached hydrogen (secondary N) is 2. The number of benzene rings is 2. The fraction of sp³-hybridized carbons (Fsp3) is 0.222. The van der Waals surface area contributed by atoms with Crippen molar-refractivity contribution in [2.45, 2.75) is 19.1 Å². The van der Waals surface area contributed by atoms with Crippen LogP contribution in [0.25, 0.3) is 0 Å². The van der Waals surface area contributed by atoms with Crippen molar-refractivity contribution >= 4 is 35.0 Å². The van der Waals surface area contributed by atoms with Crippen LogP contribution in [0.3, 0.4) is 0 Å². The number of hydrogen-bond acceptors (Lipinski definition) is 3. The normalized spacial score (nSPS) is 11.6. The van der Waals surface area contributed by atoms with Crippen molar-refractivity contribution in [3.8, 4) is 0 Å². The summed E-state index contributed by atoms with van der Waals surface area (Å²) in [6.45, 7) is 3.68. The highest BCUT2D eigenvalue weighted by Crippen LogP contribution is 2.16. The lowest BCUT2D eigenvalue weighted by atomic mass is 10.2. The Labute approximate surface area is 144 Å². The van der Waals surface area contributed by atoms with Crippen LogP contribution in [0.15, 0.2) is 48.5 Å². The molecule has 2 amide bonds. The van der Waals surface area contributed by atoms with Crippen LogP contribution in [-0.4, -0.2) is 22.8 Å². The molecule has 4 nitrogen and oxygen atoms in total. The Balaban J connectivity index is 1.79. The van der Waals surface area contributed by atoms with Crippen molar-refractivity contribution < 1.29 is 14.0 Å². The van der Waals surface area contributed by atoms with Crippen LogP contribution in [0, 0.1) is 12.7 Å². The summed E-state index contributed by atoms with van der Waals surface area (Å²) in [5.74, 6) is -0.573. The number of carbonyl (C=O) groups is 2. The molecule has 24 heavy (non-hydrogen) atoms. The summed E-state index contributed by atoms with van der Waals surface area (Å²) in [5.41, 5.74) is 2.33. The fourth-order valence-electron chi connectivity index (χ4n) is 1.97. The Kier molecular flexibility index (Phi) is 6.37. The van der Waals surface area contributed by atoms with Crippen LogP contribution in [0.4, 0.5) is 15.8 Å². The minimum absolute atomic E-state index is 0.160. The van der Waals surface area contributed by atoms with Gasteiger partial charge in [-0.05, 0) is 55.8 Å². The second kappa shape index (κ2) is 8.49. The van der Waals surface area contributed by atoms with E-state index in [4.69, 9.17) is 0 Å². The summed E-state index contributed by atoms with van der Waals surface area (Å²) in [7, 11) is 0. The van der Waals surface area contributed by atoms with Gasteiger partial charge in [0.05, 0.1) is 11.0 Å². The number of rotatable bonds is 6. The van der Waals surface area contributed by atoms with Crippen LogP contribution >= 0.6 is 11.8 Å². The van der Waals surface area contributed by atoms with E-state index in [2.05, 4.69) is 10.6 Å². The maximum atomic E-state index is 12.8. The van der Waals surface area contributed by atoms with E-state index >= 15 is 0 Å². The lowest BCUT2D eigenvalue weighted by molar-refractivity contribution is -0.115. The number of anilines is 2. The minimum atomic E-state index is -0.404. The molecule has 0 aliphatic carbocycles. The summed E-state index contributed by atoms with van der Waals surface area (Å²) in [6, 6.07) is 13.1. The fourth-order valence-corrected chi connectivity index (χ4v) is 2.66. The third-order valence-electron chi connectivity index (χ3n) is 3.25.